The number of aromatic nitrogens is 2. The number of nitrogens with zero attached hydrogens (tertiary/aromatic N) is 3. The summed E-state index contributed by atoms with van der Waals surface area (Å²) in [5, 5.41) is 0.496. The third-order valence-corrected chi connectivity index (χ3v) is 6.85. The van der Waals surface area contributed by atoms with E-state index in [4.69, 9.17) is 0 Å². The molecule has 0 fully saturated rings. The minimum absolute atomic E-state index is 0.107. The van der Waals surface area contributed by atoms with E-state index in [1.54, 1.807) is 29.2 Å². The van der Waals surface area contributed by atoms with Crippen LogP contribution in [0.5, 0.6) is 0 Å². The molecule has 0 atom stereocenters. The van der Waals surface area contributed by atoms with E-state index in [9.17, 15) is 18.0 Å². The molecular weight excluding hydrogens is 470 g/mol. The molecule has 4 rings (SSSR count). The number of carbonyl (C=O) groups excluding carboxylic acids is 1. The lowest BCUT2D eigenvalue weighted by molar-refractivity contribution is -0.118. The zero-order chi connectivity index (χ0) is 21.5. The van der Waals surface area contributed by atoms with Crippen molar-refractivity contribution in [1.82, 2.24) is 9.55 Å². The molecule has 1 aliphatic rings. The topological polar surface area (TPSA) is 89.3 Å². The lowest BCUT2D eigenvalue weighted by Gasteiger charge is -2.30. The summed E-state index contributed by atoms with van der Waals surface area (Å²) in [7, 11) is -3.30. The van der Waals surface area contributed by atoms with Gasteiger partial charge < -0.3 is 4.90 Å². The second-order valence-corrected chi connectivity index (χ2v) is 10.3. The summed E-state index contributed by atoms with van der Waals surface area (Å²) in [6.07, 6.45) is 4.28. The van der Waals surface area contributed by atoms with Gasteiger partial charge >= 0.3 is 0 Å². The van der Waals surface area contributed by atoms with E-state index < -0.39 is 9.84 Å². The van der Waals surface area contributed by atoms with Crippen LogP contribution in [0.15, 0.2) is 56.9 Å². The zero-order valence-corrected chi connectivity index (χ0v) is 18.7. The lowest BCUT2D eigenvalue weighted by atomic mass is 10.0. The number of hydrogen-bond acceptors (Lipinski definition) is 5. The third-order valence-electron chi connectivity index (χ3n) is 5.25. The fraction of sp³-hybridized carbons (Fsp3) is 0.286. The number of benzene rings is 2. The van der Waals surface area contributed by atoms with Crippen molar-refractivity contribution in [3.8, 4) is 0 Å². The molecule has 0 saturated carbocycles. The molecule has 0 N–H and O–H groups in total. The van der Waals surface area contributed by atoms with Crippen molar-refractivity contribution in [2.45, 2.75) is 30.7 Å². The maximum atomic E-state index is 12.9. The van der Waals surface area contributed by atoms with E-state index in [2.05, 4.69) is 20.9 Å². The van der Waals surface area contributed by atoms with Crippen LogP contribution in [0.25, 0.3) is 10.9 Å². The minimum Gasteiger partial charge on any atom is -0.312 e. The average Bonchev–Trinajstić information content (AvgIpc) is 2.72. The van der Waals surface area contributed by atoms with Crippen LogP contribution in [0.2, 0.25) is 0 Å². The highest BCUT2D eigenvalue weighted by Crippen LogP contribution is 2.30. The van der Waals surface area contributed by atoms with Crippen molar-refractivity contribution >= 4 is 48.3 Å². The van der Waals surface area contributed by atoms with Gasteiger partial charge in [-0.25, -0.2) is 13.4 Å². The number of aryl methyl sites for hydroxylation is 2. The van der Waals surface area contributed by atoms with E-state index in [0.29, 0.717) is 17.4 Å². The second kappa shape index (κ2) is 7.96. The first kappa shape index (κ1) is 20.7. The summed E-state index contributed by atoms with van der Waals surface area (Å²) >= 11 is 3.36. The SMILES string of the molecule is CS(=O)(=O)c1ccc2c(c1)CCCN2C(=O)CCn1cnc2ccc(Br)cc2c1=O. The number of amides is 1. The molecule has 0 saturated heterocycles. The molecule has 0 bridgehead atoms. The largest absolute Gasteiger partial charge is 0.312 e. The Hall–Kier alpha value is -2.52. The monoisotopic (exact) mass is 489 g/mol. The molecule has 3 aromatic rings. The van der Waals surface area contributed by atoms with Crippen molar-refractivity contribution in [2.24, 2.45) is 0 Å². The zero-order valence-electron chi connectivity index (χ0n) is 16.3. The standard InChI is InChI=1S/C21H20BrN3O4S/c1-30(28,29)16-5-7-19-14(11-16)3-2-9-25(19)20(26)8-10-24-13-23-18-6-4-15(22)12-17(18)21(24)27/h4-7,11-13H,2-3,8-10H2,1H3. The van der Waals surface area contributed by atoms with Crippen LogP contribution in [-0.2, 0) is 27.6 Å². The van der Waals surface area contributed by atoms with Gasteiger partial charge in [0.05, 0.1) is 22.1 Å². The van der Waals surface area contributed by atoms with Gasteiger partial charge in [-0.3, -0.25) is 14.2 Å². The Balaban J connectivity index is 1.55. The van der Waals surface area contributed by atoms with Crippen LogP contribution in [-0.4, -0.2) is 36.7 Å². The second-order valence-electron chi connectivity index (χ2n) is 7.37. The predicted octanol–water partition coefficient (Wildman–Crippen LogP) is 2.93. The van der Waals surface area contributed by atoms with Gasteiger partial charge in [0.15, 0.2) is 9.84 Å². The average molecular weight is 490 g/mol. The van der Waals surface area contributed by atoms with E-state index in [0.717, 1.165) is 28.6 Å². The van der Waals surface area contributed by atoms with E-state index >= 15 is 0 Å². The Kier molecular flexibility index (Phi) is 5.50. The van der Waals surface area contributed by atoms with Crippen LogP contribution in [0.1, 0.15) is 18.4 Å². The summed E-state index contributed by atoms with van der Waals surface area (Å²) in [4.78, 5) is 31.9. The predicted molar refractivity (Wildman–Crippen MR) is 119 cm³/mol. The van der Waals surface area contributed by atoms with Gasteiger partial charge in [0.1, 0.15) is 0 Å². The van der Waals surface area contributed by atoms with Crippen LogP contribution in [0.4, 0.5) is 5.69 Å². The highest BCUT2D eigenvalue weighted by molar-refractivity contribution is 9.10. The number of fused-ring (bicyclic) bond motifs is 2. The fourth-order valence-electron chi connectivity index (χ4n) is 3.70. The number of carbonyl (C=O) groups is 1. The Morgan fingerprint density at radius 3 is 2.77 bits per heavy atom. The smallest absolute Gasteiger partial charge is 0.261 e. The Bertz CT molecular complexity index is 1320. The molecule has 7 nitrogen and oxygen atoms in total. The summed E-state index contributed by atoms with van der Waals surface area (Å²) in [5.41, 5.74) is 2.02. The van der Waals surface area contributed by atoms with E-state index in [1.807, 2.05) is 6.07 Å². The number of halogens is 1. The molecule has 1 aliphatic heterocycles. The summed E-state index contributed by atoms with van der Waals surface area (Å²) < 4.78 is 25.9. The first-order valence-electron chi connectivity index (χ1n) is 9.52. The molecule has 0 radical (unpaired) electrons. The quantitative estimate of drug-likeness (QED) is 0.561. The number of hydrogen-bond donors (Lipinski definition) is 0. The highest BCUT2D eigenvalue weighted by Gasteiger charge is 2.24. The van der Waals surface area contributed by atoms with Gasteiger partial charge in [0.2, 0.25) is 5.91 Å². The van der Waals surface area contributed by atoms with Gasteiger partial charge in [-0.05, 0) is 54.8 Å². The summed E-state index contributed by atoms with van der Waals surface area (Å²) in [6.45, 7) is 0.794. The molecule has 30 heavy (non-hydrogen) atoms. The number of rotatable bonds is 4. The molecule has 2 heterocycles. The van der Waals surface area contributed by atoms with Gasteiger partial charge in [-0.1, -0.05) is 15.9 Å². The van der Waals surface area contributed by atoms with Crippen LogP contribution in [0, 0.1) is 0 Å². The van der Waals surface area contributed by atoms with E-state index in [1.165, 1.54) is 23.2 Å². The molecular formula is C21H20BrN3O4S. The fourth-order valence-corrected chi connectivity index (χ4v) is 4.74. The number of anilines is 1. The molecule has 156 valence electrons. The first-order chi connectivity index (χ1) is 14.2. The Morgan fingerprint density at radius 2 is 2.00 bits per heavy atom. The third kappa shape index (κ3) is 4.04. The van der Waals surface area contributed by atoms with Crippen molar-refractivity contribution in [2.75, 3.05) is 17.7 Å². The molecule has 0 spiro atoms. The molecule has 2 aromatic carbocycles. The maximum Gasteiger partial charge on any atom is 0.261 e. The van der Waals surface area contributed by atoms with Crippen molar-refractivity contribution in [3.05, 3.63) is 63.1 Å². The highest BCUT2D eigenvalue weighted by atomic mass is 79.9. The molecule has 1 amide bonds. The van der Waals surface area contributed by atoms with Crippen LogP contribution >= 0.6 is 15.9 Å². The lowest BCUT2D eigenvalue weighted by Crippen LogP contribution is -2.36. The molecule has 0 aliphatic carbocycles. The van der Waals surface area contributed by atoms with Crippen molar-refractivity contribution in [3.63, 3.8) is 0 Å². The Morgan fingerprint density at radius 1 is 1.20 bits per heavy atom. The van der Waals surface area contributed by atoms with Gasteiger partial charge in [-0.2, -0.15) is 0 Å². The Labute approximate surface area is 182 Å². The van der Waals surface area contributed by atoms with Gasteiger partial charge in [0.25, 0.3) is 5.56 Å². The molecule has 0 unspecified atom stereocenters. The normalized spacial score (nSPS) is 14.0. The van der Waals surface area contributed by atoms with Gasteiger partial charge in [-0.15, -0.1) is 0 Å². The molecule has 9 heteroatoms. The van der Waals surface area contributed by atoms with Crippen LogP contribution < -0.4 is 10.5 Å². The van der Waals surface area contributed by atoms with Crippen molar-refractivity contribution < 1.29 is 13.2 Å². The first-order valence-corrected chi connectivity index (χ1v) is 12.2. The summed E-state index contributed by atoms with van der Waals surface area (Å²) in [5.74, 6) is -0.107. The minimum atomic E-state index is -3.30. The van der Waals surface area contributed by atoms with Gasteiger partial charge in [0, 0.05) is 35.9 Å². The maximum absolute atomic E-state index is 12.9. The van der Waals surface area contributed by atoms with Crippen molar-refractivity contribution in [1.29, 1.82) is 0 Å². The number of sulfone groups is 1. The molecule has 1 aromatic heterocycles. The summed E-state index contributed by atoms with van der Waals surface area (Å²) in [6, 6.07) is 10.2. The van der Waals surface area contributed by atoms with E-state index in [-0.39, 0.29) is 29.3 Å². The van der Waals surface area contributed by atoms with Crippen LogP contribution in [0.3, 0.4) is 0 Å².